The highest BCUT2D eigenvalue weighted by molar-refractivity contribution is 7.91. The van der Waals surface area contributed by atoms with E-state index in [1.54, 1.807) is 17.5 Å². The summed E-state index contributed by atoms with van der Waals surface area (Å²) in [4.78, 5) is 24.3. The Balaban J connectivity index is 1.93. The molecular formula is C18H22N2O5S2. The third-order valence-corrected chi connectivity index (χ3v) is 7.01. The Labute approximate surface area is 163 Å². The van der Waals surface area contributed by atoms with E-state index >= 15 is 0 Å². The number of anilines is 1. The summed E-state index contributed by atoms with van der Waals surface area (Å²) in [7, 11) is -2.47. The molecule has 0 saturated heterocycles. The fourth-order valence-electron chi connectivity index (χ4n) is 2.31. The molecule has 1 atom stereocenters. The average Bonchev–Trinajstić information content (AvgIpc) is 3.12. The van der Waals surface area contributed by atoms with Crippen LogP contribution in [-0.4, -0.2) is 44.3 Å². The largest absolute Gasteiger partial charge is 0.452 e. The van der Waals surface area contributed by atoms with Gasteiger partial charge in [-0.2, -0.15) is 4.31 Å². The average molecular weight is 411 g/mol. The van der Waals surface area contributed by atoms with Crippen LogP contribution < -0.4 is 5.32 Å². The number of carbonyl (C=O) groups excluding carboxylic acids is 2. The summed E-state index contributed by atoms with van der Waals surface area (Å²) in [6.07, 6.45) is -1.06. The number of sulfonamides is 1. The summed E-state index contributed by atoms with van der Waals surface area (Å²) >= 11 is 1.06. The lowest BCUT2D eigenvalue weighted by Crippen LogP contribution is -2.36. The van der Waals surface area contributed by atoms with E-state index in [-0.39, 0.29) is 4.21 Å². The maximum absolute atomic E-state index is 12.3. The van der Waals surface area contributed by atoms with Gasteiger partial charge in [-0.1, -0.05) is 23.8 Å². The molecule has 0 unspecified atom stereocenters. The molecule has 2 rings (SSSR count). The number of nitrogens with zero attached hydrogens (tertiary/aromatic N) is 1. The number of hydrogen-bond donors (Lipinski definition) is 1. The van der Waals surface area contributed by atoms with E-state index in [1.165, 1.54) is 20.0 Å². The number of ether oxygens (including phenoxy) is 1. The van der Waals surface area contributed by atoms with Crippen LogP contribution in [0, 0.1) is 13.8 Å². The van der Waals surface area contributed by atoms with Gasteiger partial charge < -0.3 is 10.1 Å². The zero-order valence-electron chi connectivity index (χ0n) is 15.6. The van der Waals surface area contributed by atoms with E-state index in [0.717, 1.165) is 26.8 Å². The second-order valence-electron chi connectivity index (χ2n) is 6.13. The number of likely N-dealkylation sites (N-methyl/N-ethyl adjacent to an activating group) is 1. The van der Waals surface area contributed by atoms with E-state index in [0.29, 0.717) is 5.69 Å². The summed E-state index contributed by atoms with van der Waals surface area (Å²) in [5.74, 6) is -1.29. The Morgan fingerprint density at radius 1 is 1.26 bits per heavy atom. The molecule has 27 heavy (non-hydrogen) atoms. The Morgan fingerprint density at radius 2 is 1.96 bits per heavy atom. The molecule has 0 saturated carbocycles. The molecule has 7 nitrogen and oxygen atoms in total. The first-order valence-electron chi connectivity index (χ1n) is 8.18. The van der Waals surface area contributed by atoms with Crippen molar-refractivity contribution in [1.82, 2.24) is 4.31 Å². The maximum atomic E-state index is 12.3. The van der Waals surface area contributed by atoms with E-state index in [9.17, 15) is 18.0 Å². The minimum atomic E-state index is -3.75. The Hall–Kier alpha value is -2.23. The number of esters is 1. The van der Waals surface area contributed by atoms with Gasteiger partial charge in [-0.25, -0.2) is 8.42 Å². The molecule has 2 aromatic rings. The van der Waals surface area contributed by atoms with Gasteiger partial charge in [-0.3, -0.25) is 9.59 Å². The molecule has 1 amide bonds. The fourth-order valence-corrected chi connectivity index (χ4v) is 4.62. The molecule has 9 heteroatoms. The molecule has 1 N–H and O–H groups in total. The van der Waals surface area contributed by atoms with Crippen molar-refractivity contribution in [2.45, 2.75) is 31.1 Å². The van der Waals surface area contributed by atoms with Crippen molar-refractivity contribution in [3.05, 3.63) is 46.8 Å². The molecule has 0 fully saturated rings. The van der Waals surface area contributed by atoms with Gasteiger partial charge in [0.1, 0.15) is 10.8 Å². The lowest BCUT2D eigenvalue weighted by atomic mass is 10.1. The first-order chi connectivity index (χ1) is 12.6. The number of hydrogen-bond acceptors (Lipinski definition) is 6. The van der Waals surface area contributed by atoms with Crippen molar-refractivity contribution in [2.24, 2.45) is 0 Å². The third kappa shape index (κ3) is 5.38. The zero-order chi connectivity index (χ0) is 20.2. The van der Waals surface area contributed by atoms with E-state index in [1.807, 2.05) is 26.0 Å². The van der Waals surface area contributed by atoms with Crippen molar-refractivity contribution < 1.29 is 22.7 Å². The molecule has 0 spiro atoms. The number of rotatable bonds is 7. The summed E-state index contributed by atoms with van der Waals surface area (Å²) in [6, 6.07) is 8.64. The summed E-state index contributed by atoms with van der Waals surface area (Å²) in [6.45, 7) is 4.76. The number of nitrogens with one attached hydrogen (secondary N) is 1. The molecule has 1 aromatic heterocycles. The van der Waals surface area contributed by atoms with Crippen molar-refractivity contribution in [3.63, 3.8) is 0 Å². The van der Waals surface area contributed by atoms with Crippen LogP contribution in [0.1, 0.15) is 18.1 Å². The first kappa shape index (κ1) is 21.1. The molecule has 0 aliphatic heterocycles. The van der Waals surface area contributed by atoms with Crippen molar-refractivity contribution in [2.75, 3.05) is 18.9 Å². The topological polar surface area (TPSA) is 92.8 Å². The minimum absolute atomic E-state index is 0.137. The van der Waals surface area contributed by atoms with E-state index < -0.39 is 34.5 Å². The predicted octanol–water partition coefficient (Wildman–Crippen LogP) is 2.56. The number of amides is 1. The van der Waals surface area contributed by atoms with Crippen molar-refractivity contribution in [3.8, 4) is 0 Å². The van der Waals surface area contributed by atoms with Gasteiger partial charge in [-0.05, 0) is 43.8 Å². The lowest BCUT2D eigenvalue weighted by Gasteiger charge is -2.18. The lowest BCUT2D eigenvalue weighted by molar-refractivity contribution is -0.153. The Morgan fingerprint density at radius 3 is 2.56 bits per heavy atom. The molecule has 0 aliphatic carbocycles. The third-order valence-electron chi connectivity index (χ3n) is 3.83. The second kappa shape index (κ2) is 8.64. The molecule has 0 bridgehead atoms. The summed E-state index contributed by atoms with van der Waals surface area (Å²) < 4.78 is 30.7. The SMILES string of the molecule is Cc1ccc(NC(=O)[C@@H](C)OC(=O)CN(C)S(=O)(=O)c2cccs2)c(C)c1. The number of thiophene rings is 1. The van der Waals surface area contributed by atoms with Crippen LogP contribution in [0.3, 0.4) is 0 Å². The van der Waals surface area contributed by atoms with Gasteiger partial charge in [0.25, 0.3) is 15.9 Å². The summed E-state index contributed by atoms with van der Waals surface area (Å²) in [5.41, 5.74) is 2.59. The van der Waals surface area contributed by atoms with Gasteiger partial charge >= 0.3 is 5.97 Å². The molecular weight excluding hydrogens is 388 g/mol. The van der Waals surface area contributed by atoms with Crippen LogP contribution in [0.15, 0.2) is 39.9 Å². The number of benzene rings is 1. The monoisotopic (exact) mass is 410 g/mol. The van der Waals surface area contributed by atoms with Crippen molar-refractivity contribution in [1.29, 1.82) is 0 Å². The standard InChI is InChI=1S/C18H22N2O5S2/c1-12-7-8-15(13(2)10-12)19-18(22)14(3)25-16(21)11-20(4)27(23,24)17-6-5-9-26-17/h5-10,14H,11H2,1-4H3,(H,19,22)/t14-/m1/s1. The van der Waals surface area contributed by atoms with Crippen LogP contribution in [0.5, 0.6) is 0 Å². The highest BCUT2D eigenvalue weighted by Crippen LogP contribution is 2.20. The fraction of sp³-hybridized carbons (Fsp3) is 0.333. The molecule has 1 aromatic carbocycles. The van der Waals surface area contributed by atoms with Gasteiger partial charge in [0.05, 0.1) is 0 Å². The van der Waals surface area contributed by atoms with Crippen LogP contribution in [0.25, 0.3) is 0 Å². The normalized spacial score (nSPS) is 12.6. The molecule has 0 radical (unpaired) electrons. The first-order valence-corrected chi connectivity index (χ1v) is 10.5. The van der Waals surface area contributed by atoms with Gasteiger partial charge in [0.2, 0.25) is 0 Å². The molecule has 0 aliphatic rings. The Kier molecular flexibility index (Phi) is 6.74. The Bertz CT molecular complexity index is 923. The van der Waals surface area contributed by atoms with E-state index in [2.05, 4.69) is 5.32 Å². The van der Waals surface area contributed by atoms with Gasteiger partial charge in [0, 0.05) is 12.7 Å². The number of carbonyl (C=O) groups is 2. The highest BCUT2D eigenvalue weighted by atomic mass is 32.2. The molecule has 1 heterocycles. The van der Waals surface area contributed by atoms with Crippen LogP contribution in [-0.2, 0) is 24.3 Å². The van der Waals surface area contributed by atoms with Gasteiger partial charge in [0.15, 0.2) is 6.10 Å². The van der Waals surface area contributed by atoms with Gasteiger partial charge in [-0.15, -0.1) is 11.3 Å². The predicted molar refractivity (Wildman–Crippen MR) is 104 cm³/mol. The number of aryl methyl sites for hydroxylation is 2. The quantitative estimate of drug-likeness (QED) is 0.708. The van der Waals surface area contributed by atoms with Crippen LogP contribution in [0.2, 0.25) is 0 Å². The minimum Gasteiger partial charge on any atom is -0.452 e. The maximum Gasteiger partial charge on any atom is 0.322 e. The summed E-state index contributed by atoms with van der Waals surface area (Å²) in [5, 5.41) is 4.34. The van der Waals surface area contributed by atoms with Crippen LogP contribution in [0.4, 0.5) is 5.69 Å². The highest BCUT2D eigenvalue weighted by Gasteiger charge is 2.26. The smallest absolute Gasteiger partial charge is 0.322 e. The van der Waals surface area contributed by atoms with E-state index in [4.69, 9.17) is 4.74 Å². The van der Waals surface area contributed by atoms with Crippen LogP contribution >= 0.6 is 11.3 Å². The van der Waals surface area contributed by atoms with Crippen molar-refractivity contribution >= 4 is 38.9 Å². The zero-order valence-corrected chi connectivity index (χ0v) is 17.2. The molecule has 146 valence electrons. The second-order valence-corrected chi connectivity index (χ2v) is 9.35.